The first kappa shape index (κ1) is 16.7. The number of hydrogen-bond acceptors (Lipinski definition) is 4. The van der Waals surface area contributed by atoms with Crippen LogP contribution in [-0.4, -0.2) is 20.2 Å². The molecule has 0 amide bonds. The van der Waals surface area contributed by atoms with Crippen LogP contribution in [0.4, 0.5) is 11.4 Å². The molecule has 24 heavy (non-hydrogen) atoms. The third kappa shape index (κ3) is 3.52. The van der Waals surface area contributed by atoms with Crippen LogP contribution in [0.25, 0.3) is 0 Å². The molecule has 2 aromatic carbocycles. The summed E-state index contributed by atoms with van der Waals surface area (Å²) in [6, 6.07) is 12.1. The lowest BCUT2D eigenvalue weighted by molar-refractivity contribution is 0.294. The van der Waals surface area contributed by atoms with Crippen LogP contribution in [0.1, 0.15) is 24.0 Å². The zero-order valence-electron chi connectivity index (χ0n) is 13.4. The highest BCUT2D eigenvalue weighted by molar-refractivity contribution is 7.92. The Labute approximate surface area is 147 Å². The van der Waals surface area contributed by atoms with Crippen LogP contribution >= 0.6 is 12.2 Å². The van der Waals surface area contributed by atoms with Crippen molar-refractivity contribution in [3.8, 4) is 0 Å². The smallest absolute Gasteiger partial charge is 0.261 e. The number of rotatable bonds is 3. The summed E-state index contributed by atoms with van der Waals surface area (Å²) < 4.78 is 33.0. The van der Waals surface area contributed by atoms with E-state index >= 15 is 0 Å². The molecular weight excluding hydrogens is 344 g/mol. The Bertz CT molecular complexity index is 877. The maximum atomic E-state index is 12.5. The molecule has 1 unspecified atom stereocenters. The van der Waals surface area contributed by atoms with Gasteiger partial charge in [-0.2, -0.15) is 0 Å². The fourth-order valence-electron chi connectivity index (χ4n) is 2.52. The lowest BCUT2D eigenvalue weighted by Gasteiger charge is -2.14. The van der Waals surface area contributed by atoms with E-state index in [9.17, 15) is 8.42 Å². The van der Waals surface area contributed by atoms with Gasteiger partial charge in [-0.15, -0.1) is 0 Å². The van der Waals surface area contributed by atoms with Gasteiger partial charge in [-0.25, -0.2) is 8.42 Å². The van der Waals surface area contributed by atoms with Crippen LogP contribution in [0.5, 0.6) is 0 Å². The lowest BCUT2D eigenvalue weighted by atomic mass is 10.00. The third-order valence-electron chi connectivity index (χ3n) is 3.87. The van der Waals surface area contributed by atoms with Gasteiger partial charge in [0.05, 0.1) is 11.5 Å². The van der Waals surface area contributed by atoms with Gasteiger partial charge < -0.3 is 10.1 Å². The van der Waals surface area contributed by atoms with E-state index in [2.05, 4.69) is 10.0 Å². The number of thiocarbonyl (C=S) groups is 1. The summed E-state index contributed by atoms with van der Waals surface area (Å²) in [6.45, 7) is 4.37. The minimum Gasteiger partial charge on any atom is -0.470 e. The molecule has 1 heterocycles. The van der Waals surface area contributed by atoms with Crippen LogP contribution in [-0.2, 0) is 14.8 Å². The molecule has 2 aromatic rings. The molecule has 7 heteroatoms. The summed E-state index contributed by atoms with van der Waals surface area (Å²) in [5.74, 6) is 0.0942. The topological polar surface area (TPSA) is 67.4 Å². The van der Waals surface area contributed by atoms with Crippen molar-refractivity contribution in [2.45, 2.75) is 24.7 Å². The molecule has 0 radical (unpaired) electrons. The molecule has 0 aliphatic carbocycles. The van der Waals surface area contributed by atoms with Gasteiger partial charge in [-0.3, -0.25) is 4.72 Å². The first-order valence-electron chi connectivity index (χ1n) is 7.52. The number of sulfonamides is 1. The van der Waals surface area contributed by atoms with E-state index in [1.54, 1.807) is 36.4 Å². The Kier molecular flexibility index (Phi) is 4.47. The number of fused-ring (bicyclic) bond motifs is 1. The second kappa shape index (κ2) is 6.41. The summed E-state index contributed by atoms with van der Waals surface area (Å²) in [4.78, 5) is 0.235. The maximum Gasteiger partial charge on any atom is 0.261 e. The van der Waals surface area contributed by atoms with E-state index < -0.39 is 10.0 Å². The minimum atomic E-state index is -3.62. The second-order valence-corrected chi connectivity index (χ2v) is 7.90. The van der Waals surface area contributed by atoms with Crippen molar-refractivity contribution < 1.29 is 13.2 Å². The molecular formula is C17H18N2O3S2. The zero-order chi connectivity index (χ0) is 17.3. The standard InChI is InChI=1S/C17H18N2O3S2/c1-11-3-6-14(7-4-11)24(20,21)19-13-5-8-16-15(9-13)12(2)10-22-17(23)18-16/h3-9,12,19H,10H2,1-2H3,(H,18,23). The van der Waals surface area contributed by atoms with Crippen molar-refractivity contribution >= 4 is 38.8 Å². The van der Waals surface area contributed by atoms with E-state index in [0.29, 0.717) is 17.5 Å². The van der Waals surface area contributed by atoms with Gasteiger partial charge in [0.2, 0.25) is 0 Å². The van der Waals surface area contributed by atoms with Gasteiger partial charge >= 0.3 is 0 Å². The average Bonchev–Trinajstić information content (AvgIpc) is 2.67. The average molecular weight is 362 g/mol. The molecule has 0 spiro atoms. The normalized spacial score (nSPS) is 17.2. The van der Waals surface area contributed by atoms with Crippen molar-refractivity contribution in [1.82, 2.24) is 0 Å². The molecule has 1 aliphatic heterocycles. The van der Waals surface area contributed by atoms with E-state index in [1.165, 1.54) is 0 Å². The summed E-state index contributed by atoms with van der Waals surface area (Å²) in [5.41, 5.74) is 3.31. The molecule has 0 bridgehead atoms. The number of benzene rings is 2. The molecule has 0 saturated carbocycles. The first-order chi connectivity index (χ1) is 11.3. The van der Waals surface area contributed by atoms with Crippen LogP contribution < -0.4 is 10.0 Å². The van der Waals surface area contributed by atoms with Gasteiger partial charge in [0.1, 0.15) is 0 Å². The van der Waals surface area contributed by atoms with E-state index in [1.807, 2.05) is 19.9 Å². The van der Waals surface area contributed by atoms with Gasteiger partial charge in [-0.1, -0.05) is 24.6 Å². The Morgan fingerprint density at radius 1 is 1.21 bits per heavy atom. The van der Waals surface area contributed by atoms with E-state index in [0.717, 1.165) is 16.8 Å². The second-order valence-electron chi connectivity index (χ2n) is 5.85. The Balaban J connectivity index is 1.91. The number of hydrogen-bond donors (Lipinski definition) is 2. The molecule has 0 fully saturated rings. The Hall–Kier alpha value is -2.12. The Morgan fingerprint density at radius 3 is 2.62 bits per heavy atom. The SMILES string of the molecule is Cc1ccc(S(=O)(=O)Nc2ccc3c(c2)C(C)COC(=S)N3)cc1. The molecule has 3 rings (SSSR count). The van der Waals surface area contributed by atoms with Gasteiger partial charge in [0, 0.05) is 17.3 Å². The van der Waals surface area contributed by atoms with Crippen molar-refractivity contribution in [3.63, 3.8) is 0 Å². The van der Waals surface area contributed by atoms with Gasteiger partial charge in [0.25, 0.3) is 15.2 Å². The summed E-state index contributed by atoms with van der Waals surface area (Å²) in [6.07, 6.45) is 0. The number of anilines is 2. The molecule has 2 N–H and O–H groups in total. The maximum absolute atomic E-state index is 12.5. The lowest BCUT2D eigenvalue weighted by Crippen LogP contribution is -2.13. The summed E-state index contributed by atoms with van der Waals surface area (Å²) >= 11 is 5.07. The largest absolute Gasteiger partial charge is 0.470 e. The van der Waals surface area contributed by atoms with Gasteiger partial charge in [-0.05, 0) is 55.0 Å². The summed E-state index contributed by atoms with van der Waals surface area (Å²) in [7, 11) is -3.62. The first-order valence-corrected chi connectivity index (χ1v) is 9.41. The van der Waals surface area contributed by atoms with E-state index in [4.69, 9.17) is 17.0 Å². The number of nitrogens with one attached hydrogen (secondary N) is 2. The monoisotopic (exact) mass is 362 g/mol. The number of ether oxygens (including phenoxy) is 1. The molecule has 5 nitrogen and oxygen atoms in total. The van der Waals surface area contributed by atoms with Crippen LogP contribution in [0.3, 0.4) is 0 Å². The highest BCUT2D eigenvalue weighted by atomic mass is 32.2. The number of aryl methyl sites for hydroxylation is 1. The summed E-state index contributed by atoms with van der Waals surface area (Å²) in [5, 5.41) is 3.34. The van der Waals surface area contributed by atoms with Crippen LogP contribution in [0.15, 0.2) is 47.4 Å². The van der Waals surface area contributed by atoms with Crippen molar-refractivity contribution in [2.24, 2.45) is 0 Å². The van der Waals surface area contributed by atoms with Crippen LogP contribution in [0.2, 0.25) is 0 Å². The predicted octanol–water partition coefficient (Wildman–Crippen LogP) is 3.63. The minimum absolute atomic E-state index is 0.0942. The van der Waals surface area contributed by atoms with Crippen molar-refractivity contribution in [2.75, 3.05) is 16.6 Å². The molecule has 0 aromatic heterocycles. The highest BCUT2D eigenvalue weighted by Crippen LogP contribution is 2.31. The van der Waals surface area contributed by atoms with E-state index in [-0.39, 0.29) is 10.8 Å². The Morgan fingerprint density at radius 2 is 1.92 bits per heavy atom. The third-order valence-corrected chi connectivity index (χ3v) is 5.48. The molecule has 1 aliphatic rings. The zero-order valence-corrected chi connectivity index (χ0v) is 15.0. The van der Waals surface area contributed by atoms with Crippen molar-refractivity contribution in [1.29, 1.82) is 0 Å². The van der Waals surface area contributed by atoms with Gasteiger partial charge in [0.15, 0.2) is 0 Å². The predicted molar refractivity (Wildman–Crippen MR) is 99.0 cm³/mol. The molecule has 126 valence electrons. The quantitative estimate of drug-likeness (QED) is 0.816. The fourth-order valence-corrected chi connectivity index (χ4v) is 3.74. The van der Waals surface area contributed by atoms with Crippen LogP contribution in [0, 0.1) is 6.92 Å². The molecule has 0 saturated heterocycles. The fraction of sp³-hybridized carbons (Fsp3) is 0.235. The van der Waals surface area contributed by atoms with Crippen molar-refractivity contribution in [3.05, 3.63) is 53.6 Å². The highest BCUT2D eigenvalue weighted by Gasteiger charge is 2.20. The molecule has 1 atom stereocenters.